The van der Waals surface area contributed by atoms with Crippen LogP contribution in [-0.4, -0.2) is 0 Å². The smallest absolute Gasteiger partial charge is 0.0492 e. The van der Waals surface area contributed by atoms with Gasteiger partial charge in [0, 0.05) is 15.0 Å². The van der Waals surface area contributed by atoms with Crippen LogP contribution in [0.3, 0.4) is 0 Å². The number of thiophene rings is 1. The molecule has 0 nitrogen and oxygen atoms in total. The summed E-state index contributed by atoms with van der Waals surface area (Å²) in [6, 6.07) is 4.48. The summed E-state index contributed by atoms with van der Waals surface area (Å²) in [7, 11) is 0. The van der Waals surface area contributed by atoms with Gasteiger partial charge in [0.1, 0.15) is 0 Å². The molecule has 2 rings (SSSR count). The molecule has 2 heteroatoms. The quantitative estimate of drug-likeness (QED) is 0.654. The minimum absolute atomic E-state index is 0.684. The minimum Gasteiger partial charge on any atom is -0.145 e. The zero-order valence-electron chi connectivity index (χ0n) is 7.28. The van der Waals surface area contributed by atoms with Gasteiger partial charge in [0.15, 0.2) is 0 Å². The molecule has 0 spiro atoms. The molecule has 0 aliphatic carbocycles. The lowest BCUT2D eigenvalue weighted by molar-refractivity contribution is 0.728. The Hall–Kier alpha value is -0.210. The highest BCUT2D eigenvalue weighted by molar-refractivity contribution is 8.02. The fourth-order valence-corrected chi connectivity index (χ4v) is 3.76. The van der Waals surface area contributed by atoms with Crippen molar-refractivity contribution in [3.63, 3.8) is 0 Å². The number of hydrogen-bond acceptors (Lipinski definition) is 2. The molecular weight excluding hydrogens is 184 g/mol. The van der Waals surface area contributed by atoms with Crippen LogP contribution in [0.4, 0.5) is 0 Å². The van der Waals surface area contributed by atoms with Gasteiger partial charge < -0.3 is 0 Å². The molecule has 0 N–H and O–H groups in total. The van der Waals surface area contributed by atoms with E-state index in [1.807, 2.05) is 23.1 Å². The SMILES string of the molecule is Cc1ccc(C2SC=CC2C)s1. The van der Waals surface area contributed by atoms with E-state index >= 15 is 0 Å². The molecule has 0 aromatic carbocycles. The third kappa shape index (κ3) is 1.46. The molecule has 64 valence electrons. The van der Waals surface area contributed by atoms with Crippen molar-refractivity contribution >= 4 is 23.1 Å². The van der Waals surface area contributed by atoms with Crippen molar-refractivity contribution in [3.05, 3.63) is 33.4 Å². The van der Waals surface area contributed by atoms with Crippen LogP contribution in [0.15, 0.2) is 23.6 Å². The summed E-state index contributed by atoms with van der Waals surface area (Å²) >= 11 is 3.87. The fraction of sp³-hybridized carbons (Fsp3) is 0.400. The predicted octanol–water partition coefficient (Wildman–Crippen LogP) is 3.99. The van der Waals surface area contributed by atoms with E-state index in [9.17, 15) is 0 Å². The Balaban J connectivity index is 2.21. The van der Waals surface area contributed by atoms with Gasteiger partial charge in [-0.05, 0) is 30.4 Å². The number of rotatable bonds is 1. The van der Waals surface area contributed by atoms with E-state index in [0.29, 0.717) is 11.2 Å². The van der Waals surface area contributed by atoms with Gasteiger partial charge in [0.25, 0.3) is 0 Å². The first-order valence-corrected chi connectivity index (χ1v) is 5.92. The zero-order valence-corrected chi connectivity index (χ0v) is 8.91. The molecule has 0 radical (unpaired) electrons. The van der Waals surface area contributed by atoms with Crippen molar-refractivity contribution in [1.29, 1.82) is 0 Å². The van der Waals surface area contributed by atoms with Gasteiger partial charge in [-0.25, -0.2) is 0 Å². The molecule has 0 saturated heterocycles. The number of hydrogen-bond donors (Lipinski definition) is 0. The van der Waals surface area contributed by atoms with Crippen molar-refractivity contribution in [2.24, 2.45) is 5.92 Å². The summed E-state index contributed by atoms with van der Waals surface area (Å²) < 4.78 is 0. The largest absolute Gasteiger partial charge is 0.145 e. The molecule has 12 heavy (non-hydrogen) atoms. The first kappa shape index (κ1) is 8.39. The van der Waals surface area contributed by atoms with E-state index in [4.69, 9.17) is 0 Å². The molecule has 1 aliphatic rings. The topological polar surface area (TPSA) is 0 Å². The Bertz CT molecular complexity index is 299. The molecule has 1 aromatic rings. The van der Waals surface area contributed by atoms with Gasteiger partial charge in [0.2, 0.25) is 0 Å². The van der Waals surface area contributed by atoms with Crippen LogP contribution in [0.5, 0.6) is 0 Å². The second-order valence-electron chi connectivity index (χ2n) is 3.19. The number of aryl methyl sites for hydroxylation is 1. The predicted molar refractivity (Wildman–Crippen MR) is 57.7 cm³/mol. The normalized spacial score (nSPS) is 28.2. The van der Waals surface area contributed by atoms with Crippen LogP contribution in [0.25, 0.3) is 0 Å². The fourth-order valence-electron chi connectivity index (χ4n) is 1.41. The minimum atomic E-state index is 0.684. The summed E-state index contributed by atoms with van der Waals surface area (Å²) in [5, 5.41) is 2.91. The summed E-state index contributed by atoms with van der Waals surface area (Å²) in [5.74, 6) is 0.702. The van der Waals surface area contributed by atoms with Crippen molar-refractivity contribution in [3.8, 4) is 0 Å². The summed E-state index contributed by atoms with van der Waals surface area (Å²) in [5.41, 5.74) is 0. The molecule has 0 saturated carbocycles. The second kappa shape index (κ2) is 3.27. The van der Waals surface area contributed by atoms with Gasteiger partial charge >= 0.3 is 0 Å². The Morgan fingerprint density at radius 1 is 1.33 bits per heavy atom. The lowest BCUT2D eigenvalue weighted by atomic mass is 10.1. The van der Waals surface area contributed by atoms with E-state index in [2.05, 4.69) is 37.5 Å². The molecule has 1 aromatic heterocycles. The monoisotopic (exact) mass is 196 g/mol. The zero-order chi connectivity index (χ0) is 8.55. The third-order valence-corrected chi connectivity index (χ3v) is 4.65. The molecule has 0 bridgehead atoms. The maximum Gasteiger partial charge on any atom is 0.0492 e. The van der Waals surface area contributed by atoms with Gasteiger partial charge in [-0.3, -0.25) is 0 Å². The molecule has 1 aliphatic heterocycles. The third-order valence-electron chi connectivity index (χ3n) is 2.13. The molecule has 2 heterocycles. The number of allylic oxidation sites excluding steroid dienone is 1. The summed E-state index contributed by atoms with van der Waals surface area (Å²) in [4.78, 5) is 2.94. The van der Waals surface area contributed by atoms with E-state index in [0.717, 1.165) is 0 Å². The van der Waals surface area contributed by atoms with Gasteiger partial charge in [-0.15, -0.1) is 23.1 Å². The first-order chi connectivity index (χ1) is 5.77. The van der Waals surface area contributed by atoms with Crippen molar-refractivity contribution in [2.75, 3.05) is 0 Å². The Morgan fingerprint density at radius 2 is 2.17 bits per heavy atom. The lowest BCUT2D eigenvalue weighted by Crippen LogP contribution is -1.95. The molecule has 0 amide bonds. The summed E-state index contributed by atoms with van der Waals surface area (Å²) in [6.07, 6.45) is 2.30. The Labute approximate surface area is 81.7 Å². The van der Waals surface area contributed by atoms with Crippen LogP contribution < -0.4 is 0 Å². The van der Waals surface area contributed by atoms with Crippen LogP contribution in [0.1, 0.15) is 21.9 Å². The summed E-state index contributed by atoms with van der Waals surface area (Å²) in [6.45, 7) is 4.46. The average molecular weight is 196 g/mol. The van der Waals surface area contributed by atoms with E-state index in [-0.39, 0.29) is 0 Å². The maximum atomic E-state index is 2.30. The standard InChI is InChI=1S/C10H12S2/c1-7-5-6-11-10(7)9-4-3-8(2)12-9/h3-7,10H,1-2H3. The van der Waals surface area contributed by atoms with Crippen LogP contribution in [0, 0.1) is 12.8 Å². The molecule has 2 atom stereocenters. The van der Waals surface area contributed by atoms with E-state index in [1.54, 1.807) is 0 Å². The first-order valence-electron chi connectivity index (χ1n) is 4.16. The van der Waals surface area contributed by atoms with E-state index in [1.165, 1.54) is 9.75 Å². The second-order valence-corrected chi connectivity index (χ2v) is 5.56. The molecule has 2 unspecified atom stereocenters. The van der Waals surface area contributed by atoms with Crippen LogP contribution in [-0.2, 0) is 0 Å². The highest BCUT2D eigenvalue weighted by Crippen LogP contribution is 2.44. The van der Waals surface area contributed by atoms with Crippen LogP contribution >= 0.6 is 23.1 Å². The van der Waals surface area contributed by atoms with Gasteiger partial charge in [-0.1, -0.05) is 13.0 Å². The van der Waals surface area contributed by atoms with Gasteiger partial charge in [-0.2, -0.15) is 0 Å². The maximum absolute atomic E-state index is 2.30. The van der Waals surface area contributed by atoms with Crippen molar-refractivity contribution in [2.45, 2.75) is 19.1 Å². The highest BCUT2D eigenvalue weighted by Gasteiger charge is 2.22. The lowest BCUT2D eigenvalue weighted by Gasteiger charge is -2.11. The Morgan fingerprint density at radius 3 is 2.67 bits per heavy atom. The Kier molecular flexibility index (Phi) is 2.28. The van der Waals surface area contributed by atoms with Crippen molar-refractivity contribution < 1.29 is 0 Å². The molecular formula is C10H12S2. The van der Waals surface area contributed by atoms with E-state index < -0.39 is 0 Å². The molecule has 0 fully saturated rings. The van der Waals surface area contributed by atoms with Crippen LogP contribution in [0.2, 0.25) is 0 Å². The van der Waals surface area contributed by atoms with Gasteiger partial charge in [0.05, 0.1) is 0 Å². The highest BCUT2D eigenvalue weighted by atomic mass is 32.2. The number of thioether (sulfide) groups is 1. The average Bonchev–Trinajstić information content (AvgIpc) is 2.58. The van der Waals surface area contributed by atoms with Crippen molar-refractivity contribution in [1.82, 2.24) is 0 Å².